The molecule has 2 N–H and O–H groups in total. The molecule has 0 aromatic heterocycles. The Hall–Kier alpha value is -2.40. The lowest BCUT2D eigenvalue weighted by atomic mass is 9.84. The summed E-state index contributed by atoms with van der Waals surface area (Å²) < 4.78 is 13.1. The number of amides is 1. The Morgan fingerprint density at radius 3 is 2.28 bits per heavy atom. The number of halogens is 1. The molecular weight excluding hydrogens is 365 g/mol. The van der Waals surface area contributed by atoms with Crippen LogP contribution >= 0.6 is 0 Å². The van der Waals surface area contributed by atoms with Gasteiger partial charge in [0, 0.05) is 11.4 Å². The molecule has 5 heteroatoms. The monoisotopic (exact) mass is 396 g/mol. The van der Waals surface area contributed by atoms with Crippen LogP contribution in [0.5, 0.6) is 0 Å². The Balaban J connectivity index is 1.23. The summed E-state index contributed by atoms with van der Waals surface area (Å²) in [7, 11) is 0. The first-order valence-corrected chi connectivity index (χ1v) is 10.9. The van der Waals surface area contributed by atoms with E-state index < -0.39 is 0 Å². The van der Waals surface area contributed by atoms with E-state index in [1.165, 1.54) is 54.7 Å². The van der Waals surface area contributed by atoms with Gasteiger partial charge in [0.1, 0.15) is 5.82 Å². The van der Waals surface area contributed by atoms with Crippen molar-refractivity contribution in [2.45, 2.75) is 38.0 Å². The number of nitrogens with zero attached hydrogens (tertiary/aromatic N) is 1. The maximum absolute atomic E-state index is 13.1. The Labute approximate surface area is 172 Å². The molecule has 154 valence electrons. The molecular formula is C24H31FN3O+. The van der Waals surface area contributed by atoms with Gasteiger partial charge in [0.2, 0.25) is 0 Å². The summed E-state index contributed by atoms with van der Waals surface area (Å²) in [6.45, 7) is 4.06. The van der Waals surface area contributed by atoms with E-state index in [9.17, 15) is 9.18 Å². The lowest BCUT2D eigenvalue weighted by molar-refractivity contribution is -0.892. The van der Waals surface area contributed by atoms with Crippen molar-refractivity contribution in [2.24, 2.45) is 0 Å². The first-order chi connectivity index (χ1) is 14.2. The summed E-state index contributed by atoms with van der Waals surface area (Å²) in [4.78, 5) is 16.0. The molecule has 4 rings (SSSR count). The molecule has 0 radical (unpaired) electrons. The number of anilines is 2. The fraction of sp³-hybridized carbons (Fsp3) is 0.458. The van der Waals surface area contributed by atoms with Gasteiger partial charge in [-0.15, -0.1) is 0 Å². The van der Waals surface area contributed by atoms with E-state index in [4.69, 9.17) is 0 Å². The Kier molecular flexibility index (Phi) is 6.45. The van der Waals surface area contributed by atoms with Crippen LogP contribution in [0.4, 0.5) is 15.8 Å². The van der Waals surface area contributed by atoms with Crippen LogP contribution in [0.15, 0.2) is 48.5 Å². The van der Waals surface area contributed by atoms with Crippen LogP contribution in [0.2, 0.25) is 0 Å². The van der Waals surface area contributed by atoms with Crippen molar-refractivity contribution in [3.05, 3.63) is 59.9 Å². The summed E-state index contributed by atoms with van der Waals surface area (Å²) in [5.74, 6) is 0.553. The summed E-state index contributed by atoms with van der Waals surface area (Å²) in [5, 5.41) is 3.05. The maximum atomic E-state index is 13.1. The molecule has 0 atom stereocenters. The molecule has 1 saturated carbocycles. The van der Waals surface area contributed by atoms with Gasteiger partial charge in [-0.1, -0.05) is 31.4 Å². The minimum Gasteiger partial charge on any atom is -0.360 e. The van der Waals surface area contributed by atoms with Crippen LogP contribution in [0, 0.1) is 5.82 Å². The molecule has 2 aromatic carbocycles. The number of piperazine rings is 1. The van der Waals surface area contributed by atoms with Gasteiger partial charge in [-0.25, -0.2) is 4.39 Å². The van der Waals surface area contributed by atoms with Gasteiger partial charge in [-0.2, -0.15) is 0 Å². The summed E-state index contributed by atoms with van der Waals surface area (Å²) in [6.07, 6.45) is 6.61. The average molecular weight is 397 g/mol. The highest BCUT2D eigenvalue weighted by Crippen LogP contribution is 2.32. The maximum Gasteiger partial charge on any atom is 0.279 e. The molecule has 0 bridgehead atoms. The van der Waals surface area contributed by atoms with E-state index in [2.05, 4.69) is 22.3 Å². The second-order valence-corrected chi connectivity index (χ2v) is 8.40. The molecule has 2 aliphatic rings. The van der Waals surface area contributed by atoms with E-state index in [0.29, 0.717) is 12.5 Å². The average Bonchev–Trinajstić information content (AvgIpc) is 2.76. The number of carbonyl (C=O) groups excluding carboxylic acids is 1. The molecule has 4 nitrogen and oxygen atoms in total. The van der Waals surface area contributed by atoms with Crippen molar-refractivity contribution in [3.8, 4) is 0 Å². The minimum absolute atomic E-state index is 0.0700. The number of carbonyl (C=O) groups is 1. The molecule has 1 aliphatic heterocycles. The molecule has 29 heavy (non-hydrogen) atoms. The SMILES string of the molecule is O=C(C[NH+]1CCN(c2ccc(F)cc2)CC1)Nc1ccc(C2CCCCC2)cc1. The van der Waals surface area contributed by atoms with Gasteiger partial charge in [0.15, 0.2) is 6.54 Å². The van der Waals surface area contributed by atoms with Crippen LogP contribution in [-0.2, 0) is 4.79 Å². The summed E-state index contributed by atoms with van der Waals surface area (Å²) in [5.41, 5.74) is 3.34. The zero-order chi connectivity index (χ0) is 20.1. The van der Waals surface area contributed by atoms with Crippen LogP contribution in [-0.4, -0.2) is 38.6 Å². The number of hydrogen-bond donors (Lipinski definition) is 2. The molecule has 1 saturated heterocycles. The fourth-order valence-corrected chi connectivity index (χ4v) is 4.62. The lowest BCUT2D eigenvalue weighted by Gasteiger charge is -2.33. The molecule has 2 aromatic rings. The molecule has 0 unspecified atom stereocenters. The third-order valence-electron chi connectivity index (χ3n) is 6.34. The van der Waals surface area contributed by atoms with Crippen LogP contribution in [0.1, 0.15) is 43.6 Å². The molecule has 1 heterocycles. The quantitative estimate of drug-likeness (QED) is 0.814. The number of rotatable bonds is 5. The van der Waals surface area contributed by atoms with E-state index in [0.717, 1.165) is 37.6 Å². The highest BCUT2D eigenvalue weighted by molar-refractivity contribution is 5.91. The summed E-state index contributed by atoms with van der Waals surface area (Å²) in [6, 6.07) is 15.1. The van der Waals surface area contributed by atoms with E-state index in [1.807, 2.05) is 24.3 Å². The molecule has 0 spiro atoms. The second-order valence-electron chi connectivity index (χ2n) is 8.40. The Morgan fingerprint density at radius 2 is 1.62 bits per heavy atom. The number of hydrogen-bond acceptors (Lipinski definition) is 2. The fourth-order valence-electron chi connectivity index (χ4n) is 4.62. The predicted molar refractivity (Wildman–Crippen MR) is 115 cm³/mol. The number of quaternary nitrogens is 1. The largest absolute Gasteiger partial charge is 0.360 e. The first-order valence-electron chi connectivity index (χ1n) is 10.9. The van der Waals surface area contributed by atoms with E-state index >= 15 is 0 Å². The third-order valence-corrected chi connectivity index (χ3v) is 6.34. The van der Waals surface area contributed by atoms with Gasteiger partial charge in [0.05, 0.1) is 26.2 Å². The number of nitrogens with one attached hydrogen (secondary N) is 2. The highest BCUT2D eigenvalue weighted by Gasteiger charge is 2.22. The molecule has 2 fully saturated rings. The van der Waals surface area contributed by atoms with Crippen LogP contribution < -0.4 is 15.1 Å². The predicted octanol–water partition coefficient (Wildman–Crippen LogP) is 3.22. The van der Waals surface area contributed by atoms with Gasteiger partial charge in [-0.05, 0) is 60.7 Å². The van der Waals surface area contributed by atoms with Crippen LogP contribution in [0.25, 0.3) is 0 Å². The lowest BCUT2D eigenvalue weighted by Crippen LogP contribution is -3.15. The van der Waals surface area contributed by atoms with E-state index in [-0.39, 0.29) is 11.7 Å². The molecule has 1 amide bonds. The van der Waals surface area contributed by atoms with Crippen molar-refractivity contribution in [1.82, 2.24) is 0 Å². The third kappa shape index (κ3) is 5.36. The van der Waals surface area contributed by atoms with Crippen molar-refractivity contribution in [2.75, 3.05) is 42.9 Å². The van der Waals surface area contributed by atoms with Crippen LogP contribution in [0.3, 0.4) is 0 Å². The van der Waals surface area contributed by atoms with Gasteiger partial charge in [0.25, 0.3) is 5.91 Å². The van der Waals surface area contributed by atoms with Crippen molar-refractivity contribution in [3.63, 3.8) is 0 Å². The normalized spacial score (nSPS) is 18.6. The highest BCUT2D eigenvalue weighted by atomic mass is 19.1. The zero-order valence-electron chi connectivity index (χ0n) is 17.0. The Morgan fingerprint density at radius 1 is 0.966 bits per heavy atom. The van der Waals surface area contributed by atoms with Gasteiger partial charge >= 0.3 is 0 Å². The Bertz CT molecular complexity index is 792. The van der Waals surface area contributed by atoms with Gasteiger partial charge in [-0.3, -0.25) is 4.79 Å². The molecule has 1 aliphatic carbocycles. The zero-order valence-corrected chi connectivity index (χ0v) is 17.0. The van der Waals surface area contributed by atoms with E-state index in [1.54, 1.807) is 0 Å². The summed E-state index contributed by atoms with van der Waals surface area (Å²) >= 11 is 0. The standard InChI is InChI=1S/C24H30FN3O/c25-21-8-12-23(13-9-21)28-16-14-27(15-17-28)18-24(29)26-22-10-6-20(7-11-22)19-4-2-1-3-5-19/h6-13,19H,1-5,14-18H2,(H,26,29)/p+1. The van der Waals surface area contributed by atoms with Crippen molar-refractivity contribution in [1.29, 1.82) is 0 Å². The number of benzene rings is 2. The van der Waals surface area contributed by atoms with Crippen molar-refractivity contribution < 1.29 is 14.1 Å². The second kappa shape index (κ2) is 9.40. The topological polar surface area (TPSA) is 36.8 Å². The van der Waals surface area contributed by atoms with Crippen molar-refractivity contribution >= 4 is 17.3 Å². The smallest absolute Gasteiger partial charge is 0.279 e. The first kappa shape index (κ1) is 19.9. The minimum atomic E-state index is -0.207. The van der Waals surface area contributed by atoms with Gasteiger partial charge < -0.3 is 15.1 Å².